The van der Waals surface area contributed by atoms with E-state index >= 15 is 0 Å². The van der Waals surface area contributed by atoms with Crippen LogP contribution >= 0.6 is 0 Å². The first-order chi connectivity index (χ1) is 12.7. The first-order valence-electron chi connectivity index (χ1n) is 9.12. The summed E-state index contributed by atoms with van der Waals surface area (Å²) in [6.07, 6.45) is 7.25. The molecule has 0 fully saturated rings. The number of aromatic amines is 1. The summed E-state index contributed by atoms with van der Waals surface area (Å²) < 4.78 is 1.82. The number of carbonyl (C=O) groups is 1. The van der Waals surface area contributed by atoms with E-state index in [1.807, 2.05) is 11.5 Å². The highest BCUT2D eigenvalue weighted by Gasteiger charge is 2.17. The topological polar surface area (TPSA) is 115 Å². The van der Waals surface area contributed by atoms with Crippen LogP contribution in [0.5, 0.6) is 0 Å². The van der Waals surface area contributed by atoms with Crippen molar-refractivity contribution in [1.29, 1.82) is 0 Å². The molecule has 3 heterocycles. The first-order valence-corrected chi connectivity index (χ1v) is 9.12. The van der Waals surface area contributed by atoms with Crippen LogP contribution in [0.2, 0.25) is 0 Å². The maximum Gasteiger partial charge on any atom is 0.253 e. The van der Waals surface area contributed by atoms with Crippen molar-refractivity contribution in [3.63, 3.8) is 0 Å². The number of carbonyl (C=O) groups excluding carboxylic acids is 1. The number of H-pyrrole nitrogens is 1. The van der Waals surface area contributed by atoms with E-state index in [4.69, 9.17) is 5.73 Å². The summed E-state index contributed by atoms with van der Waals surface area (Å²) in [4.78, 5) is 21.2. The Hall–Kier alpha value is -2.90. The molecule has 0 aliphatic heterocycles. The minimum Gasteiger partial charge on any atom is -0.369 e. The van der Waals surface area contributed by atoms with E-state index in [2.05, 4.69) is 25.5 Å². The van der Waals surface area contributed by atoms with Gasteiger partial charge >= 0.3 is 0 Å². The number of hydrogen-bond donors (Lipinski definition) is 3. The fraction of sp³-hybridized carbons (Fsp3) is 0.444. The number of nitrogen functional groups attached to an aromatic ring is 1. The van der Waals surface area contributed by atoms with Gasteiger partial charge in [-0.3, -0.25) is 14.5 Å². The number of fused-ring (bicyclic) bond motifs is 2. The maximum absolute atomic E-state index is 12.5. The van der Waals surface area contributed by atoms with Crippen LogP contribution in [0.4, 0.5) is 5.95 Å². The van der Waals surface area contributed by atoms with E-state index < -0.39 is 0 Å². The molecule has 0 bridgehead atoms. The predicted octanol–water partition coefficient (Wildman–Crippen LogP) is 1.96. The molecule has 8 nitrogen and oxygen atoms in total. The molecule has 0 unspecified atom stereocenters. The fourth-order valence-corrected chi connectivity index (χ4v) is 3.60. The van der Waals surface area contributed by atoms with Gasteiger partial charge < -0.3 is 11.1 Å². The van der Waals surface area contributed by atoms with Gasteiger partial charge in [0.15, 0.2) is 5.65 Å². The average Bonchev–Trinajstić information content (AvgIpc) is 3.08. The zero-order valence-corrected chi connectivity index (χ0v) is 14.9. The third-order valence-corrected chi connectivity index (χ3v) is 5.00. The molecule has 0 radical (unpaired) electrons. The van der Waals surface area contributed by atoms with Gasteiger partial charge in [-0.1, -0.05) is 6.42 Å². The van der Waals surface area contributed by atoms with Crippen LogP contribution in [-0.2, 0) is 25.9 Å². The van der Waals surface area contributed by atoms with Gasteiger partial charge in [0.05, 0.1) is 17.8 Å². The molecule has 0 spiro atoms. The van der Waals surface area contributed by atoms with E-state index in [-0.39, 0.29) is 5.91 Å². The molecule has 4 rings (SSSR count). The van der Waals surface area contributed by atoms with Crippen LogP contribution in [0.1, 0.15) is 53.5 Å². The number of nitrogens with one attached hydrogen (secondary N) is 2. The Kier molecular flexibility index (Phi) is 4.32. The van der Waals surface area contributed by atoms with Crippen molar-refractivity contribution in [2.45, 2.75) is 52.1 Å². The highest BCUT2D eigenvalue weighted by molar-refractivity contribution is 5.96. The van der Waals surface area contributed by atoms with Crippen molar-refractivity contribution in [3.8, 4) is 0 Å². The van der Waals surface area contributed by atoms with E-state index in [1.54, 1.807) is 12.3 Å². The van der Waals surface area contributed by atoms with E-state index in [0.29, 0.717) is 35.8 Å². The molecule has 0 saturated carbocycles. The number of hydrogen-bond acceptors (Lipinski definition) is 5. The molecule has 0 aromatic carbocycles. The summed E-state index contributed by atoms with van der Waals surface area (Å²) >= 11 is 0. The molecule has 0 atom stereocenters. The van der Waals surface area contributed by atoms with E-state index in [9.17, 15) is 4.79 Å². The minimum absolute atomic E-state index is 0.186. The van der Waals surface area contributed by atoms with Gasteiger partial charge in [-0.15, -0.1) is 0 Å². The Morgan fingerprint density at radius 1 is 1.35 bits per heavy atom. The molecule has 4 N–H and O–H groups in total. The van der Waals surface area contributed by atoms with Crippen LogP contribution in [0.3, 0.4) is 0 Å². The van der Waals surface area contributed by atoms with Gasteiger partial charge in [-0.2, -0.15) is 5.10 Å². The zero-order chi connectivity index (χ0) is 18.1. The quantitative estimate of drug-likeness (QED) is 0.620. The number of rotatable bonds is 4. The van der Waals surface area contributed by atoms with Gasteiger partial charge in [0, 0.05) is 18.4 Å². The van der Waals surface area contributed by atoms with Gasteiger partial charge in [0.2, 0.25) is 5.95 Å². The Balaban J connectivity index is 1.50. The standard InChI is InChI=1S/C18H23N7O/c1-2-25-16-14(22-18(25)19)8-11(9-20-16)17(26)21-10-15-12-6-4-3-5-7-13(12)23-24-15/h8-9H,2-7,10H2,1H3,(H2,19,22)(H,21,26)(H,23,24). The molecule has 3 aromatic heterocycles. The Labute approximate surface area is 151 Å². The number of anilines is 1. The van der Waals surface area contributed by atoms with Crippen molar-refractivity contribution in [2.24, 2.45) is 0 Å². The second-order valence-electron chi connectivity index (χ2n) is 6.65. The number of imidazole rings is 1. The van der Waals surface area contributed by atoms with E-state index in [1.165, 1.54) is 30.5 Å². The number of nitrogens with two attached hydrogens (primary N) is 1. The summed E-state index contributed by atoms with van der Waals surface area (Å²) in [6.45, 7) is 3.08. The second-order valence-corrected chi connectivity index (χ2v) is 6.65. The lowest BCUT2D eigenvalue weighted by Gasteiger charge is -2.06. The smallest absolute Gasteiger partial charge is 0.253 e. The van der Waals surface area contributed by atoms with Crippen molar-refractivity contribution >= 4 is 23.0 Å². The molecular formula is C18H23N7O. The van der Waals surface area contributed by atoms with Crippen LogP contribution < -0.4 is 11.1 Å². The molecule has 1 aliphatic rings. The summed E-state index contributed by atoms with van der Waals surface area (Å²) in [5.41, 5.74) is 11.1. The number of nitrogens with zero attached hydrogens (tertiary/aromatic N) is 4. The number of aryl methyl sites for hydroxylation is 2. The third kappa shape index (κ3) is 2.91. The molecule has 1 amide bonds. The molecule has 26 heavy (non-hydrogen) atoms. The monoisotopic (exact) mass is 353 g/mol. The summed E-state index contributed by atoms with van der Waals surface area (Å²) in [6, 6.07) is 1.73. The number of pyridine rings is 1. The highest BCUT2D eigenvalue weighted by Crippen LogP contribution is 2.22. The minimum atomic E-state index is -0.186. The fourth-order valence-electron chi connectivity index (χ4n) is 3.60. The van der Waals surface area contributed by atoms with Crippen molar-refractivity contribution in [1.82, 2.24) is 30.0 Å². The van der Waals surface area contributed by atoms with Crippen molar-refractivity contribution < 1.29 is 4.79 Å². The Morgan fingerprint density at radius 3 is 3.04 bits per heavy atom. The van der Waals surface area contributed by atoms with Crippen LogP contribution in [0, 0.1) is 0 Å². The molecule has 8 heteroatoms. The largest absolute Gasteiger partial charge is 0.369 e. The highest BCUT2D eigenvalue weighted by atomic mass is 16.1. The lowest BCUT2D eigenvalue weighted by Crippen LogP contribution is -2.23. The molecular weight excluding hydrogens is 330 g/mol. The summed E-state index contributed by atoms with van der Waals surface area (Å²) in [5.74, 6) is 0.223. The van der Waals surface area contributed by atoms with Gasteiger partial charge in [0.1, 0.15) is 5.52 Å². The molecule has 1 aliphatic carbocycles. The zero-order valence-electron chi connectivity index (χ0n) is 14.9. The lowest BCUT2D eigenvalue weighted by atomic mass is 10.1. The molecule has 3 aromatic rings. The predicted molar refractivity (Wildman–Crippen MR) is 98.6 cm³/mol. The van der Waals surface area contributed by atoms with Gasteiger partial charge in [-0.25, -0.2) is 9.97 Å². The van der Waals surface area contributed by atoms with Gasteiger partial charge in [-0.05, 0) is 44.2 Å². The lowest BCUT2D eigenvalue weighted by molar-refractivity contribution is 0.0950. The van der Waals surface area contributed by atoms with Crippen LogP contribution in [0.15, 0.2) is 12.3 Å². The normalized spacial score (nSPS) is 14.2. The van der Waals surface area contributed by atoms with Crippen LogP contribution in [-0.4, -0.2) is 30.6 Å². The first kappa shape index (κ1) is 16.6. The maximum atomic E-state index is 12.5. The average molecular weight is 353 g/mol. The van der Waals surface area contributed by atoms with E-state index in [0.717, 1.165) is 18.5 Å². The third-order valence-electron chi connectivity index (χ3n) is 5.00. The second kappa shape index (κ2) is 6.78. The summed E-state index contributed by atoms with van der Waals surface area (Å²) in [5, 5.41) is 10.5. The summed E-state index contributed by atoms with van der Waals surface area (Å²) in [7, 11) is 0. The number of aromatic nitrogens is 5. The molecule has 136 valence electrons. The van der Waals surface area contributed by atoms with Crippen molar-refractivity contribution in [2.75, 3.05) is 5.73 Å². The van der Waals surface area contributed by atoms with Crippen LogP contribution in [0.25, 0.3) is 11.2 Å². The Morgan fingerprint density at radius 2 is 2.19 bits per heavy atom. The van der Waals surface area contributed by atoms with Gasteiger partial charge in [0.25, 0.3) is 5.91 Å². The number of amides is 1. The van der Waals surface area contributed by atoms with Crippen molar-refractivity contribution in [3.05, 3.63) is 34.8 Å². The Bertz CT molecular complexity index is 956. The molecule has 0 saturated heterocycles. The SMILES string of the molecule is CCn1c(N)nc2cc(C(=O)NCc3n[nH]c4c3CCCCC4)cnc21.